The fourth-order valence-electron chi connectivity index (χ4n) is 2.78. The molecule has 0 saturated heterocycles. The summed E-state index contributed by atoms with van der Waals surface area (Å²) >= 11 is 0. The zero-order valence-corrected chi connectivity index (χ0v) is 16.9. The second-order valence-electron chi connectivity index (χ2n) is 6.53. The Hall–Kier alpha value is -3.39. The molecule has 160 valence electrons. The quantitative estimate of drug-likeness (QED) is 0.350. The molecular weight excluding hydrogens is 386 g/mol. The molecule has 0 unspecified atom stereocenters. The van der Waals surface area contributed by atoms with Gasteiger partial charge in [0.1, 0.15) is 5.75 Å². The Morgan fingerprint density at radius 2 is 1.63 bits per heavy atom. The number of anilines is 1. The molecule has 0 heterocycles. The first-order chi connectivity index (χ1) is 14.6. The largest absolute Gasteiger partial charge is 0.496 e. The van der Waals surface area contributed by atoms with Crippen molar-refractivity contribution >= 4 is 23.4 Å². The number of unbranched alkanes of at least 4 members (excludes halogenated alkanes) is 2. The molecule has 0 aromatic heterocycles. The number of aliphatic hydroxyl groups is 1. The van der Waals surface area contributed by atoms with Crippen molar-refractivity contribution in [3.8, 4) is 5.75 Å². The minimum atomic E-state index is -0.845. The molecule has 8 nitrogen and oxygen atoms in total. The number of aliphatic hydroxyl groups excluding tert-OH is 1. The molecule has 2 aromatic rings. The average molecular weight is 413 g/mol. The van der Waals surface area contributed by atoms with Crippen molar-refractivity contribution < 1.29 is 24.2 Å². The Kier molecular flexibility index (Phi) is 9.33. The first-order valence-corrected chi connectivity index (χ1v) is 9.76. The maximum absolute atomic E-state index is 12.6. The van der Waals surface area contributed by atoms with Gasteiger partial charge < -0.3 is 25.8 Å². The molecule has 8 heteroatoms. The SMILES string of the molecule is COc1ccccc1CNC(=O)c1ccccc1NC(=O)C(=O)NCCCCCO. The molecule has 2 rings (SSSR count). The number of hydrogen-bond donors (Lipinski definition) is 4. The van der Waals surface area contributed by atoms with Crippen molar-refractivity contribution in [1.29, 1.82) is 0 Å². The summed E-state index contributed by atoms with van der Waals surface area (Å²) in [6, 6.07) is 13.8. The smallest absolute Gasteiger partial charge is 0.313 e. The van der Waals surface area contributed by atoms with Crippen LogP contribution in [0.1, 0.15) is 35.2 Å². The topological polar surface area (TPSA) is 117 Å². The molecule has 0 aliphatic carbocycles. The van der Waals surface area contributed by atoms with Crippen LogP contribution in [0.15, 0.2) is 48.5 Å². The van der Waals surface area contributed by atoms with E-state index in [1.165, 1.54) is 0 Å². The van der Waals surface area contributed by atoms with Gasteiger partial charge in [-0.05, 0) is 37.5 Å². The van der Waals surface area contributed by atoms with Gasteiger partial charge >= 0.3 is 11.8 Å². The van der Waals surface area contributed by atoms with E-state index in [9.17, 15) is 14.4 Å². The normalized spacial score (nSPS) is 10.2. The monoisotopic (exact) mass is 413 g/mol. The minimum Gasteiger partial charge on any atom is -0.496 e. The molecule has 0 aliphatic heterocycles. The third kappa shape index (κ3) is 6.89. The van der Waals surface area contributed by atoms with Crippen molar-refractivity contribution in [2.45, 2.75) is 25.8 Å². The van der Waals surface area contributed by atoms with Crippen molar-refractivity contribution in [3.05, 3.63) is 59.7 Å². The number of methoxy groups -OCH3 is 1. The summed E-state index contributed by atoms with van der Waals surface area (Å²) in [5, 5.41) is 16.5. The van der Waals surface area contributed by atoms with Gasteiger partial charge in [0.05, 0.1) is 18.4 Å². The van der Waals surface area contributed by atoms with Crippen LogP contribution >= 0.6 is 0 Å². The summed E-state index contributed by atoms with van der Waals surface area (Å²) in [5.41, 5.74) is 1.31. The first kappa shape index (κ1) is 22.9. The van der Waals surface area contributed by atoms with Crippen molar-refractivity contribution in [1.82, 2.24) is 10.6 Å². The van der Waals surface area contributed by atoms with Gasteiger partial charge in [-0.3, -0.25) is 14.4 Å². The Morgan fingerprint density at radius 1 is 0.900 bits per heavy atom. The summed E-state index contributed by atoms with van der Waals surface area (Å²) in [4.78, 5) is 36.8. The third-order valence-electron chi connectivity index (χ3n) is 4.38. The zero-order valence-electron chi connectivity index (χ0n) is 16.9. The van der Waals surface area contributed by atoms with Gasteiger partial charge in [0.25, 0.3) is 5.91 Å². The fourth-order valence-corrected chi connectivity index (χ4v) is 2.78. The maximum Gasteiger partial charge on any atom is 0.313 e. The van der Waals surface area contributed by atoms with Crippen molar-refractivity contribution in [2.24, 2.45) is 0 Å². The molecule has 0 atom stereocenters. The predicted molar refractivity (Wildman–Crippen MR) is 113 cm³/mol. The Bertz CT molecular complexity index is 869. The van der Waals surface area contributed by atoms with Crippen LogP contribution in [0.2, 0.25) is 0 Å². The molecule has 30 heavy (non-hydrogen) atoms. The predicted octanol–water partition coefficient (Wildman–Crippen LogP) is 1.84. The number of nitrogens with one attached hydrogen (secondary N) is 3. The van der Waals surface area contributed by atoms with Gasteiger partial charge in [-0.2, -0.15) is 0 Å². The summed E-state index contributed by atoms with van der Waals surface area (Å²) in [7, 11) is 1.56. The standard InChI is InChI=1S/C22H27N3O5/c1-30-19-12-6-3-9-16(19)15-24-20(27)17-10-4-5-11-18(17)25-22(29)21(28)23-13-7-2-8-14-26/h3-6,9-12,26H,2,7-8,13-15H2,1H3,(H,23,28)(H,24,27)(H,25,29). The number of hydrogen-bond acceptors (Lipinski definition) is 5. The van der Waals surface area contributed by atoms with E-state index < -0.39 is 11.8 Å². The Balaban J connectivity index is 1.95. The molecule has 2 aromatic carbocycles. The molecule has 0 spiro atoms. The molecule has 0 bridgehead atoms. The van der Waals surface area contributed by atoms with E-state index in [0.29, 0.717) is 25.1 Å². The number of amides is 3. The van der Waals surface area contributed by atoms with Crippen molar-refractivity contribution in [3.63, 3.8) is 0 Å². The van der Waals surface area contributed by atoms with Crippen LogP contribution in [0.25, 0.3) is 0 Å². The molecular formula is C22H27N3O5. The van der Waals surface area contributed by atoms with Crippen LogP contribution in [0, 0.1) is 0 Å². The highest BCUT2D eigenvalue weighted by Crippen LogP contribution is 2.18. The Morgan fingerprint density at radius 3 is 2.40 bits per heavy atom. The second kappa shape index (κ2) is 12.2. The van der Waals surface area contributed by atoms with Crippen LogP contribution in [0.4, 0.5) is 5.69 Å². The number of carbonyl (C=O) groups is 3. The van der Waals surface area contributed by atoms with Gasteiger partial charge in [-0.15, -0.1) is 0 Å². The van der Waals surface area contributed by atoms with Gasteiger partial charge in [0.15, 0.2) is 0 Å². The number of para-hydroxylation sites is 2. The highest BCUT2D eigenvalue weighted by atomic mass is 16.5. The zero-order chi connectivity index (χ0) is 21.8. The van der Waals surface area contributed by atoms with Crippen LogP contribution < -0.4 is 20.7 Å². The van der Waals surface area contributed by atoms with Crippen LogP contribution in [0.5, 0.6) is 5.75 Å². The highest BCUT2D eigenvalue weighted by Gasteiger charge is 2.17. The summed E-state index contributed by atoms with van der Waals surface area (Å²) < 4.78 is 5.27. The van der Waals surface area contributed by atoms with Crippen LogP contribution in [-0.4, -0.2) is 43.1 Å². The first-order valence-electron chi connectivity index (χ1n) is 9.76. The van der Waals surface area contributed by atoms with Crippen LogP contribution in [0.3, 0.4) is 0 Å². The molecule has 3 amide bonds. The summed E-state index contributed by atoms with van der Waals surface area (Å²) in [6.45, 7) is 0.692. The summed E-state index contributed by atoms with van der Waals surface area (Å²) in [5.74, 6) is -1.35. The van der Waals surface area contributed by atoms with E-state index in [1.54, 1.807) is 37.4 Å². The third-order valence-corrected chi connectivity index (χ3v) is 4.38. The van der Waals surface area contributed by atoms with Gasteiger partial charge in [-0.25, -0.2) is 0 Å². The van der Waals surface area contributed by atoms with E-state index in [4.69, 9.17) is 9.84 Å². The van der Waals surface area contributed by atoms with E-state index in [1.807, 2.05) is 18.2 Å². The molecule has 0 aliphatic rings. The van der Waals surface area contributed by atoms with Gasteiger partial charge in [0.2, 0.25) is 0 Å². The second-order valence-corrected chi connectivity index (χ2v) is 6.53. The molecule has 0 fully saturated rings. The lowest BCUT2D eigenvalue weighted by Gasteiger charge is -2.13. The fraction of sp³-hybridized carbons (Fsp3) is 0.318. The lowest BCUT2D eigenvalue weighted by Crippen LogP contribution is -2.36. The molecule has 4 N–H and O–H groups in total. The molecule has 0 saturated carbocycles. The minimum absolute atomic E-state index is 0.102. The lowest BCUT2D eigenvalue weighted by atomic mass is 10.1. The van der Waals surface area contributed by atoms with Crippen molar-refractivity contribution in [2.75, 3.05) is 25.6 Å². The van der Waals surface area contributed by atoms with Crippen LogP contribution in [-0.2, 0) is 16.1 Å². The number of carbonyl (C=O) groups excluding carboxylic acids is 3. The number of rotatable bonds is 10. The lowest BCUT2D eigenvalue weighted by molar-refractivity contribution is -0.136. The van der Waals surface area contributed by atoms with E-state index in [-0.39, 0.29) is 30.3 Å². The average Bonchev–Trinajstić information content (AvgIpc) is 2.77. The number of ether oxygens (including phenoxy) is 1. The van der Waals surface area contributed by atoms with E-state index in [2.05, 4.69) is 16.0 Å². The highest BCUT2D eigenvalue weighted by molar-refractivity contribution is 6.40. The Labute approximate surface area is 175 Å². The number of benzene rings is 2. The van der Waals surface area contributed by atoms with Gasteiger partial charge in [-0.1, -0.05) is 30.3 Å². The van der Waals surface area contributed by atoms with E-state index >= 15 is 0 Å². The maximum atomic E-state index is 12.6. The molecule has 0 radical (unpaired) electrons. The van der Waals surface area contributed by atoms with E-state index in [0.717, 1.165) is 12.0 Å². The summed E-state index contributed by atoms with van der Waals surface area (Å²) in [6.07, 6.45) is 2.08. The van der Waals surface area contributed by atoms with Gasteiger partial charge in [0, 0.05) is 25.3 Å².